The fourth-order valence-electron chi connectivity index (χ4n) is 3.50. The van der Waals surface area contributed by atoms with Crippen LogP contribution >= 0.6 is 0 Å². The lowest BCUT2D eigenvalue weighted by atomic mass is 9.82. The average Bonchev–Trinajstić information content (AvgIpc) is 2.68. The van der Waals surface area contributed by atoms with Crippen LogP contribution in [0.2, 0.25) is 0 Å². The van der Waals surface area contributed by atoms with E-state index in [-0.39, 0.29) is 10.8 Å². The fourth-order valence-corrected chi connectivity index (χ4v) is 4.92. The van der Waals surface area contributed by atoms with Gasteiger partial charge >= 0.3 is 5.97 Å². The number of carboxylic acid groups (broad SMARTS) is 1. The number of hydrogen-bond donors (Lipinski definition) is 2. The van der Waals surface area contributed by atoms with Crippen molar-refractivity contribution < 1.29 is 23.1 Å². The summed E-state index contributed by atoms with van der Waals surface area (Å²) in [7, 11) is -1.61. The topological polar surface area (TPSA) is 107 Å². The van der Waals surface area contributed by atoms with Gasteiger partial charge < -0.3 is 15.3 Å². The normalized spacial score (nSPS) is 24.0. The molecule has 1 aromatic rings. The van der Waals surface area contributed by atoms with Gasteiger partial charge in [0.2, 0.25) is 15.9 Å². The molecule has 2 N–H and O–H groups in total. The third kappa shape index (κ3) is 4.43. The lowest BCUT2D eigenvalue weighted by molar-refractivity contribution is -0.146. The Hall–Kier alpha value is -2.23. The zero-order chi connectivity index (χ0) is 20.3. The van der Waals surface area contributed by atoms with E-state index in [4.69, 9.17) is 0 Å². The van der Waals surface area contributed by atoms with E-state index in [1.807, 2.05) is 13.1 Å². The molecule has 9 heteroatoms. The standard InChI is InChI=1S/C19H25N3O5S/c1-21-10-12-22(13-11-21)28(26,27)15-8-6-14(7-9-15)20-18(23)16-4-2-3-5-17(16)19(24)25/h2-3,6-9,16-17H,4-5,10-13H2,1H3,(H,20,23)(H,24,25)/t16-,17+/m0/s1. The Bertz CT molecular complexity index is 858. The van der Waals surface area contributed by atoms with E-state index < -0.39 is 27.8 Å². The molecule has 0 aromatic heterocycles. The first-order valence-corrected chi connectivity index (χ1v) is 10.7. The molecule has 28 heavy (non-hydrogen) atoms. The number of carbonyl (C=O) groups is 2. The Kier molecular flexibility index (Phi) is 6.17. The number of sulfonamides is 1. The van der Waals surface area contributed by atoms with E-state index >= 15 is 0 Å². The number of aliphatic carboxylic acids is 1. The van der Waals surface area contributed by atoms with Crippen molar-refractivity contribution in [2.75, 3.05) is 38.5 Å². The van der Waals surface area contributed by atoms with E-state index in [1.54, 1.807) is 6.08 Å². The van der Waals surface area contributed by atoms with Crippen LogP contribution in [0.25, 0.3) is 0 Å². The van der Waals surface area contributed by atoms with Gasteiger partial charge in [-0.3, -0.25) is 9.59 Å². The Balaban J connectivity index is 1.68. The summed E-state index contributed by atoms with van der Waals surface area (Å²) < 4.78 is 26.9. The molecular weight excluding hydrogens is 382 g/mol. The minimum Gasteiger partial charge on any atom is -0.481 e. The van der Waals surface area contributed by atoms with E-state index in [0.29, 0.717) is 44.7 Å². The number of piperazine rings is 1. The quantitative estimate of drug-likeness (QED) is 0.711. The maximum Gasteiger partial charge on any atom is 0.307 e. The van der Waals surface area contributed by atoms with Crippen LogP contribution in [0.4, 0.5) is 5.69 Å². The molecule has 2 aliphatic rings. The molecule has 0 unspecified atom stereocenters. The van der Waals surface area contributed by atoms with Crippen LogP contribution in [0, 0.1) is 11.8 Å². The molecule has 1 amide bonds. The van der Waals surface area contributed by atoms with Crippen molar-refractivity contribution >= 4 is 27.6 Å². The average molecular weight is 407 g/mol. The smallest absolute Gasteiger partial charge is 0.307 e. The Morgan fingerprint density at radius 3 is 2.14 bits per heavy atom. The first-order chi connectivity index (χ1) is 13.3. The molecule has 1 heterocycles. The second-order valence-corrected chi connectivity index (χ2v) is 9.15. The number of likely N-dealkylation sites (N-methyl/N-ethyl adjacent to an activating group) is 1. The number of hydrogen-bond acceptors (Lipinski definition) is 5. The van der Waals surface area contributed by atoms with Gasteiger partial charge in [-0.25, -0.2) is 8.42 Å². The van der Waals surface area contributed by atoms with Gasteiger partial charge in [0.15, 0.2) is 0 Å². The van der Waals surface area contributed by atoms with Gasteiger partial charge in [-0.05, 0) is 44.2 Å². The first kappa shape index (κ1) is 20.5. The van der Waals surface area contributed by atoms with Gasteiger partial charge in [-0.1, -0.05) is 12.2 Å². The number of carboxylic acids is 1. The van der Waals surface area contributed by atoms with E-state index in [2.05, 4.69) is 10.2 Å². The third-order valence-corrected chi connectivity index (χ3v) is 7.22. The second-order valence-electron chi connectivity index (χ2n) is 7.22. The molecule has 0 saturated carbocycles. The summed E-state index contributed by atoms with van der Waals surface area (Å²) in [6, 6.07) is 6.02. The minimum absolute atomic E-state index is 0.180. The summed E-state index contributed by atoms with van der Waals surface area (Å²) in [6.07, 6.45) is 4.30. The van der Waals surface area contributed by atoms with Crippen LogP contribution in [0.3, 0.4) is 0 Å². The summed E-state index contributed by atoms with van der Waals surface area (Å²) >= 11 is 0. The minimum atomic E-state index is -3.56. The molecule has 2 atom stereocenters. The predicted molar refractivity (Wildman–Crippen MR) is 104 cm³/mol. The van der Waals surface area contributed by atoms with Gasteiger partial charge in [0.25, 0.3) is 0 Å². The zero-order valence-corrected chi connectivity index (χ0v) is 16.6. The van der Waals surface area contributed by atoms with Gasteiger partial charge in [-0.2, -0.15) is 4.31 Å². The zero-order valence-electron chi connectivity index (χ0n) is 15.7. The van der Waals surface area contributed by atoms with E-state index in [9.17, 15) is 23.1 Å². The third-order valence-electron chi connectivity index (χ3n) is 5.31. The lowest BCUT2D eigenvalue weighted by Gasteiger charge is -2.31. The Morgan fingerprint density at radius 1 is 1.00 bits per heavy atom. The van der Waals surface area contributed by atoms with Crippen molar-refractivity contribution in [1.82, 2.24) is 9.21 Å². The van der Waals surface area contributed by atoms with Crippen LogP contribution in [0.15, 0.2) is 41.3 Å². The van der Waals surface area contributed by atoms with E-state index in [0.717, 1.165) is 0 Å². The van der Waals surface area contributed by atoms with Crippen molar-refractivity contribution in [3.63, 3.8) is 0 Å². The molecule has 0 bridgehead atoms. The number of allylic oxidation sites excluding steroid dienone is 2. The van der Waals surface area contributed by atoms with Crippen LogP contribution < -0.4 is 5.32 Å². The summed E-state index contributed by atoms with van der Waals surface area (Å²) in [5.41, 5.74) is 0.445. The molecule has 1 aliphatic heterocycles. The number of amides is 1. The summed E-state index contributed by atoms with van der Waals surface area (Å²) in [4.78, 5) is 26.1. The highest BCUT2D eigenvalue weighted by Crippen LogP contribution is 2.27. The Labute approximate surface area is 164 Å². The maximum absolute atomic E-state index is 12.7. The predicted octanol–water partition coefficient (Wildman–Crippen LogP) is 1.23. The van der Waals surface area contributed by atoms with Crippen molar-refractivity contribution in [2.24, 2.45) is 11.8 Å². The summed E-state index contributed by atoms with van der Waals surface area (Å²) in [5, 5.41) is 12.0. The number of nitrogens with zero attached hydrogens (tertiary/aromatic N) is 2. The van der Waals surface area contributed by atoms with Gasteiger partial charge in [-0.15, -0.1) is 0 Å². The first-order valence-electron chi connectivity index (χ1n) is 9.26. The Morgan fingerprint density at radius 2 is 1.57 bits per heavy atom. The molecule has 1 aliphatic carbocycles. The van der Waals surface area contributed by atoms with Gasteiger partial charge in [0.1, 0.15) is 0 Å². The summed E-state index contributed by atoms with van der Waals surface area (Å²) in [5.74, 6) is -2.75. The molecule has 1 aromatic carbocycles. The SMILES string of the molecule is CN1CCN(S(=O)(=O)c2ccc(NC(=O)[C@H]3CC=CC[C@H]3C(=O)O)cc2)CC1. The lowest BCUT2D eigenvalue weighted by Crippen LogP contribution is -2.46. The highest BCUT2D eigenvalue weighted by molar-refractivity contribution is 7.89. The van der Waals surface area contributed by atoms with Crippen molar-refractivity contribution in [3.8, 4) is 0 Å². The molecule has 152 valence electrons. The van der Waals surface area contributed by atoms with Crippen LogP contribution in [-0.4, -0.2) is 67.8 Å². The molecule has 1 fully saturated rings. The number of benzene rings is 1. The van der Waals surface area contributed by atoms with Gasteiger partial charge in [0.05, 0.1) is 16.7 Å². The highest BCUT2D eigenvalue weighted by atomic mass is 32.2. The number of rotatable bonds is 5. The second kappa shape index (κ2) is 8.42. The molecule has 1 saturated heterocycles. The maximum atomic E-state index is 12.7. The number of nitrogens with one attached hydrogen (secondary N) is 1. The number of anilines is 1. The van der Waals surface area contributed by atoms with Crippen LogP contribution in [0.5, 0.6) is 0 Å². The molecule has 3 rings (SSSR count). The van der Waals surface area contributed by atoms with Gasteiger partial charge in [0, 0.05) is 31.9 Å². The monoisotopic (exact) mass is 407 g/mol. The van der Waals surface area contributed by atoms with Crippen molar-refractivity contribution in [1.29, 1.82) is 0 Å². The molecular formula is C19H25N3O5S. The van der Waals surface area contributed by atoms with Crippen molar-refractivity contribution in [2.45, 2.75) is 17.7 Å². The van der Waals surface area contributed by atoms with Crippen molar-refractivity contribution in [3.05, 3.63) is 36.4 Å². The van der Waals surface area contributed by atoms with Crippen LogP contribution in [0.1, 0.15) is 12.8 Å². The highest BCUT2D eigenvalue weighted by Gasteiger charge is 2.34. The fraction of sp³-hybridized carbons (Fsp3) is 0.474. The largest absolute Gasteiger partial charge is 0.481 e. The molecule has 0 radical (unpaired) electrons. The molecule has 0 spiro atoms. The van der Waals surface area contributed by atoms with E-state index in [1.165, 1.54) is 28.6 Å². The number of carbonyl (C=O) groups excluding carboxylic acids is 1. The van der Waals surface area contributed by atoms with Crippen LogP contribution in [-0.2, 0) is 19.6 Å². The summed E-state index contributed by atoms with van der Waals surface area (Å²) in [6.45, 7) is 2.27. The molecule has 8 nitrogen and oxygen atoms in total.